The van der Waals surface area contributed by atoms with Crippen LogP contribution in [0.1, 0.15) is 70.1 Å². The molecule has 5 rings (SSSR count). The molecule has 5 heteroatoms. The Morgan fingerprint density at radius 3 is 2.36 bits per heavy atom. The third kappa shape index (κ3) is 6.73. The van der Waals surface area contributed by atoms with Crippen molar-refractivity contribution in [2.45, 2.75) is 72.8 Å². The first-order valence-corrected chi connectivity index (χ1v) is 16.0. The first-order valence-electron chi connectivity index (χ1n) is 12.8. The number of para-hydroxylation sites is 1. The van der Waals surface area contributed by atoms with Crippen LogP contribution in [0.15, 0.2) is 36.4 Å². The van der Waals surface area contributed by atoms with Crippen LogP contribution in [0.2, 0.25) is 0 Å². The van der Waals surface area contributed by atoms with Crippen LogP contribution in [-0.4, -0.2) is 30.9 Å². The minimum Gasteiger partial charge on any atom is -0.517 e. The van der Waals surface area contributed by atoms with Crippen molar-refractivity contribution >= 4 is 25.7 Å². The zero-order valence-electron chi connectivity index (χ0n) is 23.8. The maximum Gasteiger partial charge on any atom is 0.0367 e. The molecule has 2 aliphatic heterocycles. The summed E-state index contributed by atoms with van der Waals surface area (Å²) in [7, 11) is 9.96. The van der Waals surface area contributed by atoms with Crippen LogP contribution in [0.5, 0.6) is 5.75 Å². The summed E-state index contributed by atoms with van der Waals surface area (Å²) in [5.41, 5.74) is 7.28. The van der Waals surface area contributed by atoms with Gasteiger partial charge in [0.05, 0.1) is 0 Å². The third-order valence-electron chi connectivity index (χ3n) is 7.84. The van der Waals surface area contributed by atoms with E-state index in [0.717, 1.165) is 30.3 Å². The summed E-state index contributed by atoms with van der Waals surface area (Å²) in [6.45, 7) is 17.3. The number of hydrogen-bond donors (Lipinski definition) is 0. The molecule has 2 saturated heterocycles. The molecular weight excluding hydrogens is 553 g/mol. The van der Waals surface area contributed by atoms with Gasteiger partial charge in [0.1, 0.15) is 0 Å². The van der Waals surface area contributed by atoms with Crippen molar-refractivity contribution in [3.63, 3.8) is 0 Å². The van der Waals surface area contributed by atoms with Crippen molar-refractivity contribution < 1.29 is 20.4 Å². The topological polar surface area (TPSA) is 15.7 Å². The maximum absolute atomic E-state index is 5.72. The Hall–Kier alpha value is -1.38. The number of fused-ring (bicyclic) bond motifs is 3. The van der Waals surface area contributed by atoms with Gasteiger partial charge in [-0.2, -0.15) is 0 Å². The maximum atomic E-state index is 5.72. The number of hydrogen-bond acceptors (Lipinski definition) is 3. The standard InChI is InChI=1S/C20H31N2.C10H12O.CH3.ClH.Ru/c1-14-10-17(21(6)7)11-15(2)18(14)22-13-19(4)8-9-20(22,5)12-16(19)3;1-3-8-11-10-7-5-4-6-9(10)2;;;/h10-11,13,16H,8-9,12H2,1-7H3;2,4-7H,3,8H2,1H3;1H3;1H;/q-1;;-1;;+1/p-1/t16?,19-,20-;;;;/m1..../s1. The van der Waals surface area contributed by atoms with Crippen molar-refractivity contribution in [1.82, 2.24) is 0 Å². The van der Waals surface area contributed by atoms with Crippen LogP contribution in [0, 0.1) is 39.2 Å². The first kappa shape index (κ1) is 30.8. The van der Waals surface area contributed by atoms with Gasteiger partial charge < -0.3 is 17.2 Å². The molecule has 2 heterocycles. The number of rotatable bonds is 6. The Kier molecular flexibility index (Phi) is 11.1. The Morgan fingerprint density at radius 2 is 1.81 bits per heavy atom. The molecule has 0 N–H and O–H groups in total. The van der Waals surface area contributed by atoms with Gasteiger partial charge in [0.2, 0.25) is 0 Å². The fraction of sp³-hybridized carbons (Fsp3) is 0.516. The zero-order chi connectivity index (χ0) is 25.8. The molecule has 203 valence electrons. The summed E-state index contributed by atoms with van der Waals surface area (Å²) >= 11 is -0.181. The molecule has 2 bridgehead atoms. The van der Waals surface area contributed by atoms with Gasteiger partial charge in [0, 0.05) is 31.0 Å². The Balaban J connectivity index is 0.000000281. The van der Waals surface area contributed by atoms with Gasteiger partial charge >= 0.3 is 90.3 Å². The van der Waals surface area contributed by atoms with Gasteiger partial charge in [-0.15, -0.1) is 5.41 Å². The summed E-state index contributed by atoms with van der Waals surface area (Å²) in [6, 6.07) is 12.6. The minimum absolute atomic E-state index is 0. The molecule has 3 atom stereocenters. The molecule has 1 unspecified atom stereocenters. The van der Waals surface area contributed by atoms with Gasteiger partial charge in [0.15, 0.2) is 0 Å². The van der Waals surface area contributed by atoms with E-state index in [4.69, 9.17) is 14.4 Å². The van der Waals surface area contributed by atoms with Gasteiger partial charge in [-0.05, 0) is 56.9 Å². The van der Waals surface area contributed by atoms with Crippen molar-refractivity contribution in [2.75, 3.05) is 30.5 Å². The van der Waals surface area contributed by atoms with E-state index in [1.165, 1.54) is 41.8 Å². The van der Waals surface area contributed by atoms with Gasteiger partial charge in [-0.1, -0.05) is 26.2 Å². The first-order chi connectivity index (χ1) is 16.5. The van der Waals surface area contributed by atoms with E-state index in [0.29, 0.717) is 5.41 Å². The van der Waals surface area contributed by atoms with E-state index in [1.54, 1.807) is 0 Å². The summed E-state index contributed by atoms with van der Waals surface area (Å²) in [4.78, 5) is 4.82. The van der Waals surface area contributed by atoms with E-state index < -0.39 is 0 Å². The fourth-order valence-electron chi connectivity index (χ4n) is 5.50. The Labute approximate surface area is 232 Å². The second kappa shape index (κ2) is 12.9. The molecule has 0 radical (unpaired) electrons. The second-order valence-electron chi connectivity index (χ2n) is 11.0. The summed E-state index contributed by atoms with van der Waals surface area (Å²) in [6.07, 6.45) is 4.96. The molecule has 0 aromatic heterocycles. The molecule has 3 nitrogen and oxygen atoms in total. The molecule has 3 aliphatic rings. The Morgan fingerprint density at radius 1 is 1.17 bits per heavy atom. The molecule has 36 heavy (non-hydrogen) atoms. The van der Waals surface area contributed by atoms with Gasteiger partial charge in [-0.3, -0.25) is 0 Å². The number of piperidine rings is 2. The predicted molar refractivity (Wildman–Crippen MR) is 156 cm³/mol. The SMILES string of the molecule is CCCOc1ccccc1[CH]=[Ru][Cl].Cc1cc(N(C)C)cc(C)c1N1[CH-][C@@]2(C)CC[C@]1(C)CC2C.[CH3-]. The zero-order valence-corrected chi connectivity index (χ0v) is 26.3. The number of aryl methyl sites for hydroxylation is 2. The predicted octanol–water partition coefficient (Wildman–Crippen LogP) is 8.25. The van der Waals surface area contributed by atoms with Crippen LogP contribution in [0.25, 0.3) is 0 Å². The molecule has 2 aromatic carbocycles. The Bertz CT molecular complexity index is 1020. The molecule has 0 amide bonds. The van der Waals surface area contributed by atoms with E-state index in [-0.39, 0.29) is 28.6 Å². The fourth-order valence-corrected chi connectivity index (χ4v) is 6.61. The minimum atomic E-state index is -0.181. The molecule has 1 saturated carbocycles. The normalized spacial score (nSPS) is 24.9. The second-order valence-corrected chi connectivity index (χ2v) is 12.8. The van der Waals surface area contributed by atoms with Crippen LogP contribution < -0.4 is 14.5 Å². The van der Waals surface area contributed by atoms with Gasteiger partial charge in [-0.25, -0.2) is 6.54 Å². The number of anilines is 2. The molecule has 2 aromatic rings. The molecule has 0 spiro atoms. The quantitative estimate of drug-likeness (QED) is 0.246. The van der Waals surface area contributed by atoms with Crippen molar-refractivity contribution in [3.8, 4) is 5.75 Å². The summed E-state index contributed by atoms with van der Waals surface area (Å²) in [5, 5.41) is 0. The third-order valence-corrected chi connectivity index (χ3v) is 9.03. The van der Waals surface area contributed by atoms with Gasteiger partial charge in [0.25, 0.3) is 0 Å². The van der Waals surface area contributed by atoms with Crippen molar-refractivity contribution in [3.05, 3.63) is 67.1 Å². The van der Waals surface area contributed by atoms with E-state index in [1.807, 2.05) is 28.9 Å². The summed E-state index contributed by atoms with van der Waals surface area (Å²) in [5.74, 6) is 1.73. The molecular formula is C31H46ClN2ORu-2. The van der Waals surface area contributed by atoms with Crippen molar-refractivity contribution in [1.29, 1.82) is 0 Å². The molecule has 1 aliphatic carbocycles. The monoisotopic (exact) mass is 599 g/mol. The number of ether oxygens (including phenoxy) is 1. The van der Waals surface area contributed by atoms with Crippen LogP contribution in [-0.2, 0) is 15.7 Å². The number of nitrogens with zero attached hydrogens (tertiary/aromatic N) is 2. The molecule has 3 fully saturated rings. The number of halogens is 1. The van der Waals surface area contributed by atoms with E-state index >= 15 is 0 Å². The largest absolute Gasteiger partial charge is 0.517 e. The number of benzene rings is 2. The average Bonchev–Trinajstić information content (AvgIpc) is 2.80. The van der Waals surface area contributed by atoms with Crippen LogP contribution in [0.3, 0.4) is 0 Å². The van der Waals surface area contributed by atoms with Crippen LogP contribution in [0.4, 0.5) is 11.4 Å². The van der Waals surface area contributed by atoms with E-state index in [2.05, 4.69) is 84.1 Å². The van der Waals surface area contributed by atoms with E-state index in [9.17, 15) is 0 Å². The van der Waals surface area contributed by atoms with Crippen molar-refractivity contribution in [2.24, 2.45) is 11.3 Å². The average molecular weight is 599 g/mol. The smallest absolute Gasteiger partial charge is 0.0367 e. The van der Waals surface area contributed by atoms with Crippen LogP contribution >= 0.6 is 9.69 Å². The summed E-state index contributed by atoms with van der Waals surface area (Å²) < 4.78 is 7.60.